The largest absolute Gasteiger partial charge is 0.394 e. The lowest BCUT2D eigenvalue weighted by Crippen LogP contribution is -2.50. The van der Waals surface area contributed by atoms with Crippen molar-refractivity contribution in [2.45, 2.75) is 11.5 Å². The second-order valence-corrected chi connectivity index (χ2v) is 6.32. The fourth-order valence-corrected chi connectivity index (χ4v) is 2.18. The van der Waals surface area contributed by atoms with E-state index in [1.807, 2.05) is 60.7 Å². The number of nitrogens with two attached hydrogens (primary N) is 1. The van der Waals surface area contributed by atoms with Crippen molar-refractivity contribution in [3.8, 4) is 0 Å². The molecule has 0 saturated carbocycles. The van der Waals surface area contributed by atoms with Crippen LogP contribution in [0.25, 0.3) is 0 Å². The standard InChI is InChI=1S/C16H17NO.C4H11NO3/c1-17(2)16(18)15(13-9-5-3-6-10-13)14-11-7-4-8-12-14;5-4(1-6,2-7)3-8/h3-12,15H,1-2H3;6-8H,1-3,5H2. The molecule has 0 aliphatic carbocycles. The Morgan fingerprint density at radius 3 is 1.46 bits per heavy atom. The summed E-state index contributed by atoms with van der Waals surface area (Å²) in [7, 11) is 3.59. The van der Waals surface area contributed by atoms with Crippen molar-refractivity contribution in [3.63, 3.8) is 0 Å². The molecule has 0 bridgehead atoms. The lowest BCUT2D eigenvalue weighted by atomic mass is 9.90. The van der Waals surface area contributed by atoms with Crippen LogP contribution >= 0.6 is 0 Å². The predicted molar refractivity (Wildman–Crippen MR) is 102 cm³/mol. The first-order chi connectivity index (χ1) is 12.4. The van der Waals surface area contributed by atoms with E-state index in [2.05, 4.69) is 0 Å². The van der Waals surface area contributed by atoms with Crippen molar-refractivity contribution < 1.29 is 20.1 Å². The first-order valence-corrected chi connectivity index (χ1v) is 8.31. The highest BCUT2D eigenvalue weighted by atomic mass is 16.3. The van der Waals surface area contributed by atoms with Crippen LogP contribution in [-0.4, -0.2) is 65.6 Å². The minimum atomic E-state index is -1.21. The average molecular weight is 360 g/mol. The number of aliphatic hydroxyl groups is 3. The lowest BCUT2D eigenvalue weighted by Gasteiger charge is -2.21. The Labute approximate surface area is 154 Å². The van der Waals surface area contributed by atoms with Gasteiger partial charge >= 0.3 is 0 Å². The zero-order valence-electron chi connectivity index (χ0n) is 15.2. The Bertz CT molecular complexity index is 596. The molecule has 5 N–H and O–H groups in total. The minimum absolute atomic E-state index is 0.104. The number of nitrogens with zero attached hydrogens (tertiary/aromatic N) is 1. The monoisotopic (exact) mass is 360 g/mol. The van der Waals surface area contributed by atoms with Crippen molar-refractivity contribution in [3.05, 3.63) is 71.8 Å². The third-order valence-electron chi connectivity index (χ3n) is 3.90. The third kappa shape index (κ3) is 6.24. The topological polar surface area (TPSA) is 107 Å². The summed E-state index contributed by atoms with van der Waals surface area (Å²) in [4.78, 5) is 14.0. The Kier molecular flexibility index (Phi) is 8.95. The minimum Gasteiger partial charge on any atom is -0.394 e. The summed E-state index contributed by atoms with van der Waals surface area (Å²) in [5, 5.41) is 25.0. The first-order valence-electron chi connectivity index (χ1n) is 8.31. The number of likely N-dealkylation sites (N-methyl/N-ethyl adjacent to an activating group) is 1. The van der Waals surface area contributed by atoms with Crippen LogP contribution in [0.5, 0.6) is 0 Å². The predicted octanol–water partition coefficient (Wildman–Crippen LogP) is 0.568. The Morgan fingerprint density at radius 2 is 1.23 bits per heavy atom. The van der Waals surface area contributed by atoms with Crippen LogP contribution in [0, 0.1) is 0 Å². The molecule has 2 aromatic carbocycles. The van der Waals surface area contributed by atoms with E-state index in [4.69, 9.17) is 21.1 Å². The molecular formula is C20H28N2O4. The second kappa shape index (κ2) is 10.7. The second-order valence-electron chi connectivity index (χ2n) is 6.32. The number of rotatable bonds is 6. The zero-order chi connectivity index (χ0) is 19.6. The van der Waals surface area contributed by atoms with E-state index in [0.29, 0.717) is 0 Å². The van der Waals surface area contributed by atoms with E-state index in [1.54, 1.807) is 19.0 Å². The molecule has 1 amide bonds. The summed E-state index contributed by atoms with van der Waals surface area (Å²) < 4.78 is 0. The molecule has 0 saturated heterocycles. The van der Waals surface area contributed by atoms with Crippen LogP contribution in [0.4, 0.5) is 0 Å². The van der Waals surface area contributed by atoms with Gasteiger partial charge in [0.1, 0.15) is 0 Å². The molecule has 2 aromatic rings. The molecule has 142 valence electrons. The number of benzene rings is 2. The summed E-state index contributed by atoms with van der Waals surface area (Å²) >= 11 is 0. The molecule has 6 nitrogen and oxygen atoms in total. The van der Waals surface area contributed by atoms with Crippen LogP contribution in [0.1, 0.15) is 17.0 Å². The first kappa shape index (κ1) is 21.8. The number of carbonyl (C=O) groups excluding carboxylic acids is 1. The van der Waals surface area contributed by atoms with Gasteiger partial charge in [0.25, 0.3) is 0 Å². The number of aliphatic hydroxyl groups excluding tert-OH is 3. The normalized spacial score (nSPS) is 10.9. The molecule has 0 fully saturated rings. The molecule has 0 radical (unpaired) electrons. The van der Waals surface area contributed by atoms with Gasteiger partial charge in [-0.05, 0) is 11.1 Å². The van der Waals surface area contributed by atoms with Crippen LogP contribution in [-0.2, 0) is 4.79 Å². The third-order valence-corrected chi connectivity index (χ3v) is 3.90. The van der Waals surface area contributed by atoms with Gasteiger partial charge in [0.05, 0.1) is 31.3 Å². The van der Waals surface area contributed by atoms with Gasteiger partial charge in [0, 0.05) is 14.1 Å². The molecule has 2 rings (SSSR count). The number of carbonyl (C=O) groups is 1. The fraction of sp³-hybridized carbons (Fsp3) is 0.350. The van der Waals surface area contributed by atoms with Gasteiger partial charge in [-0.15, -0.1) is 0 Å². The van der Waals surface area contributed by atoms with Crippen molar-refractivity contribution in [1.29, 1.82) is 0 Å². The molecule has 0 atom stereocenters. The highest BCUT2D eigenvalue weighted by Gasteiger charge is 2.23. The van der Waals surface area contributed by atoms with E-state index in [-0.39, 0.29) is 11.8 Å². The molecular weight excluding hydrogens is 332 g/mol. The van der Waals surface area contributed by atoms with Gasteiger partial charge in [0.15, 0.2) is 0 Å². The molecule has 0 aromatic heterocycles. The van der Waals surface area contributed by atoms with Gasteiger partial charge < -0.3 is 26.0 Å². The number of amides is 1. The SMILES string of the molecule is CN(C)C(=O)C(c1ccccc1)c1ccccc1.NC(CO)(CO)CO. The summed E-state index contributed by atoms with van der Waals surface area (Å²) in [5.74, 6) is -0.116. The summed E-state index contributed by atoms with van der Waals surface area (Å²) in [6.45, 7) is -1.21. The molecule has 0 unspecified atom stereocenters. The van der Waals surface area contributed by atoms with Gasteiger partial charge in [-0.1, -0.05) is 60.7 Å². The van der Waals surface area contributed by atoms with E-state index < -0.39 is 25.4 Å². The lowest BCUT2D eigenvalue weighted by molar-refractivity contribution is -0.129. The summed E-state index contributed by atoms with van der Waals surface area (Å²) in [6.07, 6.45) is 0. The molecule has 0 aliphatic heterocycles. The Balaban J connectivity index is 0.000000359. The molecule has 26 heavy (non-hydrogen) atoms. The van der Waals surface area contributed by atoms with E-state index in [1.165, 1.54) is 0 Å². The van der Waals surface area contributed by atoms with Crippen LogP contribution < -0.4 is 5.73 Å². The zero-order valence-corrected chi connectivity index (χ0v) is 15.2. The van der Waals surface area contributed by atoms with Crippen LogP contribution in [0.2, 0.25) is 0 Å². The maximum absolute atomic E-state index is 12.4. The quantitative estimate of drug-likeness (QED) is 0.602. The fourth-order valence-electron chi connectivity index (χ4n) is 2.18. The molecule has 0 spiro atoms. The number of hydrogen-bond acceptors (Lipinski definition) is 5. The smallest absolute Gasteiger partial charge is 0.234 e. The van der Waals surface area contributed by atoms with E-state index in [0.717, 1.165) is 11.1 Å². The van der Waals surface area contributed by atoms with Crippen molar-refractivity contribution in [2.75, 3.05) is 33.9 Å². The maximum atomic E-state index is 12.4. The molecule has 0 heterocycles. The highest BCUT2D eigenvalue weighted by Crippen LogP contribution is 2.25. The summed E-state index contributed by atoms with van der Waals surface area (Å²) in [6, 6.07) is 19.8. The molecule has 0 aliphatic rings. The van der Waals surface area contributed by atoms with Crippen LogP contribution in [0.3, 0.4) is 0 Å². The van der Waals surface area contributed by atoms with Gasteiger partial charge in [-0.25, -0.2) is 0 Å². The van der Waals surface area contributed by atoms with Crippen molar-refractivity contribution in [1.82, 2.24) is 4.90 Å². The highest BCUT2D eigenvalue weighted by molar-refractivity contribution is 5.86. The van der Waals surface area contributed by atoms with Crippen molar-refractivity contribution >= 4 is 5.91 Å². The summed E-state index contributed by atoms with van der Waals surface area (Å²) in [5.41, 5.74) is 6.00. The van der Waals surface area contributed by atoms with Gasteiger partial charge in [-0.3, -0.25) is 4.79 Å². The van der Waals surface area contributed by atoms with Gasteiger partial charge in [0.2, 0.25) is 5.91 Å². The van der Waals surface area contributed by atoms with Gasteiger partial charge in [-0.2, -0.15) is 0 Å². The van der Waals surface area contributed by atoms with Crippen LogP contribution in [0.15, 0.2) is 60.7 Å². The molecule has 6 heteroatoms. The van der Waals surface area contributed by atoms with E-state index >= 15 is 0 Å². The Morgan fingerprint density at radius 1 is 0.885 bits per heavy atom. The maximum Gasteiger partial charge on any atom is 0.234 e. The Hall–Kier alpha value is -2.25. The average Bonchev–Trinajstić information content (AvgIpc) is 2.69. The van der Waals surface area contributed by atoms with E-state index in [9.17, 15) is 4.79 Å². The van der Waals surface area contributed by atoms with Crippen molar-refractivity contribution in [2.24, 2.45) is 5.73 Å². The number of hydrogen-bond donors (Lipinski definition) is 4.